The van der Waals surface area contributed by atoms with E-state index in [1.807, 2.05) is 45.0 Å². The number of anilines is 1. The number of carbonyl (C=O) groups excluding carboxylic acids is 1. The van der Waals surface area contributed by atoms with Crippen molar-refractivity contribution in [3.63, 3.8) is 0 Å². The van der Waals surface area contributed by atoms with Gasteiger partial charge in [0, 0.05) is 18.8 Å². The van der Waals surface area contributed by atoms with Gasteiger partial charge in [0.05, 0.1) is 24.6 Å². The van der Waals surface area contributed by atoms with Crippen LogP contribution in [0, 0.1) is 0 Å². The number of amides is 1. The molecule has 0 radical (unpaired) electrons. The van der Waals surface area contributed by atoms with Gasteiger partial charge in [-0.3, -0.25) is 4.68 Å². The maximum absolute atomic E-state index is 11.6. The SMILES string of the molecule is CCCCNc1ccc(N=Nc2cnn(CCNC(=O)OC(C)(C)C)c2)cc1. The van der Waals surface area contributed by atoms with Crippen molar-refractivity contribution >= 4 is 23.2 Å². The van der Waals surface area contributed by atoms with Crippen LogP contribution in [0.2, 0.25) is 0 Å². The topological polar surface area (TPSA) is 92.9 Å². The van der Waals surface area contributed by atoms with Crippen LogP contribution in [0.15, 0.2) is 46.9 Å². The first-order chi connectivity index (χ1) is 13.4. The van der Waals surface area contributed by atoms with E-state index >= 15 is 0 Å². The van der Waals surface area contributed by atoms with Crippen LogP contribution in [0.4, 0.5) is 21.9 Å². The Kier molecular flexibility index (Phi) is 7.98. The number of hydrogen-bond acceptors (Lipinski definition) is 6. The van der Waals surface area contributed by atoms with Gasteiger partial charge in [-0.05, 0) is 51.5 Å². The molecule has 1 aromatic carbocycles. The van der Waals surface area contributed by atoms with Crippen LogP contribution in [-0.4, -0.2) is 34.6 Å². The number of aromatic nitrogens is 2. The first-order valence-electron chi connectivity index (χ1n) is 9.61. The Morgan fingerprint density at radius 1 is 1.14 bits per heavy atom. The van der Waals surface area contributed by atoms with Crippen LogP contribution < -0.4 is 10.6 Å². The molecule has 2 aromatic rings. The van der Waals surface area contributed by atoms with Crippen molar-refractivity contribution in [2.24, 2.45) is 10.2 Å². The lowest BCUT2D eigenvalue weighted by molar-refractivity contribution is 0.0525. The monoisotopic (exact) mass is 386 g/mol. The second kappa shape index (κ2) is 10.4. The fourth-order valence-electron chi connectivity index (χ4n) is 2.28. The van der Waals surface area contributed by atoms with Gasteiger partial charge in [-0.1, -0.05) is 13.3 Å². The lowest BCUT2D eigenvalue weighted by Crippen LogP contribution is -2.34. The summed E-state index contributed by atoms with van der Waals surface area (Å²) in [7, 11) is 0. The molecule has 0 aliphatic carbocycles. The summed E-state index contributed by atoms with van der Waals surface area (Å²) in [6.45, 7) is 9.56. The third kappa shape index (κ3) is 8.20. The van der Waals surface area contributed by atoms with Crippen LogP contribution in [0.1, 0.15) is 40.5 Å². The summed E-state index contributed by atoms with van der Waals surface area (Å²) in [5.74, 6) is 0. The van der Waals surface area contributed by atoms with E-state index in [0.717, 1.165) is 24.3 Å². The lowest BCUT2D eigenvalue weighted by Gasteiger charge is -2.19. The first-order valence-corrected chi connectivity index (χ1v) is 9.61. The zero-order valence-electron chi connectivity index (χ0n) is 17.1. The fourth-order valence-corrected chi connectivity index (χ4v) is 2.28. The number of carbonyl (C=O) groups is 1. The molecule has 0 atom stereocenters. The van der Waals surface area contributed by atoms with Crippen molar-refractivity contribution in [3.05, 3.63) is 36.7 Å². The van der Waals surface area contributed by atoms with Gasteiger partial charge in [0.2, 0.25) is 0 Å². The Morgan fingerprint density at radius 2 is 1.86 bits per heavy atom. The second-order valence-corrected chi connectivity index (χ2v) is 7.42. The summed E-state index contributed by atoms with van der Waals surface area (Å²) in [5.41, 5.74) is 2.01. The van der Waals surface area contributed by atoms with Crippen molar-refractivity contribution in [3.8, 4) is 0 Å². The third-order valence-electron chi connectivity index (χ3n) is 3.64. The quantitative estimate of drug-likeness (QED) is 0.467. The second-order valence-electron chi connectivity index (χ2n) is 7.42. The van der Waals surface area contributed by atoms with E-state index in [0.29, 0.717) is 18.8 Å². The Hall–Kier alpha value is -2.90. The van der Waals surface area contributed by atoms with Crippen molar-refractivity contribution in [2.45, 2.75) is 52.7 Å². The maximum Gasteiger partial charge on any atom is 0.407 e. The highest BCUT2D eigenvalue weighted by Gasteiger charge is 2.15. The number of nitrogens with one attached hydrogen (secondary N) is 2. The molecule has 0 saturated heterocycles. The van der Waals surface area contributed by atoms with Crippen LogP contribution >= 0.6 is 0 Å². The predicted octanol–water partition coefficient (Wildman–Crippen LogP) is 5.04. The molecule has 1 aromatic heterocycles. The molecule has 0 aliphatic rings. The summed E-state index contributed by atoms with van der Waals surface area (Å²) in [4.78, 5) is 11.6. The number of ether oxygens (including phenoxy) is 1. The molecule has 2 rings (SSSR count). The van der Waals surface area contributed by atoms with Crippen molar-refractivity contribution in [2.75, 3.05) is 18.4 Å². The third-order valence-corrected chi connectivity index (χ3v) is 3.64. The molecule has 1 heterocycles. The van der Waals surface area contributed by atoms with E-state index in [2.05, 4.69) is 32.9 Å². The highest BCUT2D eigenvalue weighted by atomic mass is 16.6. The number of benzene rings is 1. The Morgan fingerprint density at radius 3 is 2.54 bits per heavy atom. The van der Waals surface area contributed by atoms with Gasteiger partial charge in [-0.15, -0.1) is 5.11 Å². The average molecular weight is 387 g/mol. The predicted molar refractivity (Wildman–Crippen MR) is 110 cm³/mol. The smallest absolute Gasteiger partial charge is 0.407 e. The van der Waals surface area contributed by atoms with E-state index in [1.54, 1.807) is 17.1 Å². The van der Waals surface area contributed by atoms with Crippen LogP contribution in [0.3, 0.4) is 0 Å². The summed E-state index contributed by atoms with van der Waals surface area (Å²) < 4.78 is 6.89. The number of alkyl carbamates (subject to hydrolysis) is 1. The van der Waals surface area contributed by atoms with E-state index in [4.69, 9.17) is 4.74 Å². The molecule has 8 heteroatoms. The number of hydrogen-bond donors (Lipinski definition) is 2. The molecule has 1 amide bonds. The van der Waals surface area contributed by atoms with E-state index < -0.39 is 11.7 Å². The molecule has 0 saturated carbocycles. The standard InChI is InChI=1S/C20H30N6O2/c1-5-6-11-21-16-7-9-17(10-8-16)24-25-18-14-23-26(15-18)13-12-22-19(27)28-20(2,3)4/h7-10,14-15,21H,5-6,11-13H2,1-4H3,(H,22,27). The Labute approximate surface area is 166 Å². The highest BCUT2D eigenvalue weighted by Crippen LogP contribution is 2.20. The van der Waals surface area contributed by atoms with Crippen LogP contribution in [0.25, 0.3) is 0 Å². The Balaban J connectivity index is 1.78. The average Bonchev–Trinajstić information content (AvgIpc) is 3.07. The van der Waals surface area contributed by atoms with Crippen molar-refractivity contribution in [1.82, 2.24) is 15.1 Å². The van der Waals surface area contributed by atoms with E-state index in [9.17, 15) is 4.79 Å². The minimum Gasteiger partial charge on any atom is -0.444 e. The Bertz CT molecular complexity index is 762. The van der Waals surface area contributed by atoms with Gasteiger partial charge in [-0.2, -0.15) is 10.2 Å². The lowest BCUT2D eigenvalue weighted by atomic mass is 10.2. The molecule has 152 valence electrons. The van der Waals surface area contributed by atoms with Gasteiger partial charge in [0.1, 0.15) is 11.3 Å². The summed E-state index contributed by atoms with van der Waals surface area (Å²) in [6.07, 6.45) is 5.30. The fraction of sp³-hybridized carbons (Fsp3) is 0.500. The van der Waals surface area contributed by atoms with Gasteiger partial charge >= 0.3 is 6.09 Å². The maximum atomic E-state index is 11.6. The number of unbranched alkanes of at least 4 members (excludes halogenated alkanes) is 1. The number of nitrogens with zero attached hydrogens (tertiary/aromatic N) is 4. The summed E-state index contributed by atoms with van der Waals surface area (Å²) in [6, 6.07) is 7.84. The minimum atomic E-state index is -0.507. The minimum absolute atomic E-state index is 0.416. The molecule has 28 heavy (non-hydrogen) atoms. The van der Waals surface area contributed by atoms with Gasteiger partial charge < -0.3 is 15.4 Å². The van der Waals surface area contributed by atoms with E-state index in [1.165, 1.54) is 6.42 Å². The van der Waals surface area contributed by atoms with Crippen LogP contribution in [-0.2, 0) is 11.3 Å². The highest BCUT2D eigenvalue weighted by molar-refractivity contribution is 5.67. The summed E-state index contributed by atoms with van der Waals surface area (Å²) in [5, 5.41) is 18.7. The molecule has 0 bridgehead atoms. The first kappa shape index (κ1) is 21.4. The molecular weight excluding hydrogens is 356 g/mol. The van der Waals surface area contributed by atoms with Gasteiger partial charge in [0.25, 0.3) is 0 Å². The molecule has 8 nitrogen and oxygen atoms in total. The molecule has 0 aliphatic heterocycles. The molecule has 2 N–H and O–H groups in total. The molecule has 0 unspecified atom stereocenters. The molecule has 0 fully saturated rings. The largest absolute Gasteiger partial charge is 0.444 e. The van der Waals surface area contributed by atoms with Crippen molar-refractivity contribution < 1.29 is 9.53 Å². The zero-order chi connectivity index (χ0) is 20.4. The molecule has 0 spiro atoms. The summed E-state index contributed by atoms with van der Waals surface area (Å²) >= 11 is 0. The normalized spacial score (nSPS) is 11.6. The number of azo groups is 1. The molecular formula is C20H30N6O2. The van der Waals surface area contributed by atoms with Crippen molar-refractivity contribution in [1.29, 1.82) is 0 Å². The van der Waals surface area contributed by atoms with Gasteiger partial charge in [0.15, 0.2) is 0 Å². The van der Waals surface area contributed by atoms with E-state index in [-0.39, 0.29) is 0 Å². The zero-order valence-corrected chi connectivity index (χ0v) is 17.1. The number of rotatable bonds is 9. The van der Waals surface area contributed by atoms with Crippen LogP contribution in [0.5, 0.6) is 0 Å². The van der Waals surface area contributed by atoms with Gasteiger partial charge in [-0.25, -0.2) is 4.79 Å².